The van der Waals surface area contributed by atoms with Crippen molar-refractivity contribution in [3.63, 3.8) is 0 Å². The predicted molar refractivity (Wildman–Crippen MR) is 217 cm³/mol. The number of ketones is 1. The van der Waals surface area contributed by atoms with Crippen molar-refractivity contribution < 1.29 is 39.8 Å². The van der Waals surface area contributed by atoms with Crippen LogP contribution in [0.15, 0.2) is 130 Å². The summed E-state index contributed by atoms with van der Waals surface area (Å²) in [6, 6.07) is 0. The average Bonchev–Trinajstić information content (AvgIpc) is 3.08. The number of allylic oxidation sites excluding steroid dienone is 20. The summed E-state index contributed by atoms with van der Waals surface area (Å²) in [5, 5.41) is 50.2. The minimum atomic E-state index is -1.58. The van der Waals surface area contributed by atoms with Gasteiger partial charge in [0.25, 0.3) is 0 Å². The predicted octanol–water partition coefficient (Wildman–Crippen LogP) is 7.55. The normalized spacial score (nSPS) is 30.8. The monoisotopic (exact) mass is 744 g/mol. The van der Waals surface area contributed by atoms with E-state index in [-0.39, 0.29) is 17.3 Å². The number of rotatable bonds is 13. The first kappa shape index (κ1) is 44.9. The maximum Gasteiger partial charge on any atom is 0.187 e. The van der Waals surface area contributed by atoms with Gasteiger partial charge >= 0.3 is 0 Å². The second-order valence-corrected chi connectivity index (χ2v) is 16.4. The molecule has 0 aromatic carbocycles. The van der Waals surface area contributed by atoms with Crippen molar-refractivity contribution in [2.24, 2.45) is 10.8 Å². The fourth-order valence-corrected chi connectivity index (χ4v) is 7.30. The van der Waals surface area contributed by atoms with Gasteiger partial charge in [-0.3, -0.25) is 4.79 Å². The van der Waals surface area contributed by atoms with Gasteiger partial charge in [-0.1, -0.05) is 141 Å². The van der Waals surface area contributed by atoms with Crippen LogP contribution in [0.3, 0.4) is 0 Å². The van der Waals surface area contributed by atoms with Crippen molar-refractivity contribution in [3.05, 3.63) is 130 Å². The van der Waals surface area contributed by atoms with Crippen LogP contribution in [-0.4, -0.2) is 80.8 Å². The molecule has 1 heterocycles. The fourth-order valence-electron chi connectivity index (χ4n) is 7.30. The summed E-state index contributed by atoms with van der Waals surface area (Å²) in [4.78, 5) is 13.3. The molecule has 0 bridgehead atoms. The zero-order valence-electron chi connectivity index (χ0n) is 33.9. The summed E-state index contributed by atoms with van der Waals surface area (Å²) in [5.41, 5.74) is 7.94. The van der Waals surface area contributed by atoms with Gasteiger partial charge in [0.05, 0.1) is 12.7 Å². The lowest BCUT2D eigenvalue weighted by Gasteiger charge is -2.43. The van der Waals surface area contributed by atoms with Gasteiger partial charge in [-0.25, -0.2) is 0 Å². The van der Waals surface area contributed by atoms with Crippen LogP contribution in [0.2, 0.25) is 0 Å². The minimum Gasteiger partial charge on any atom is -0.394 e. The van der Waals surface area contributed by atoms with Crippen molar-refractivity contribution in [2.75, 3.05) is 6.61 Å². The fraction of sp³-hybridized carbons (Fsp3) is 0.500. The van der Waals surface area contributed by atoms with E-state index in [4.69, 9.17) is 9.47 Å². The van der Waals surface area contributed by atoms with Gasteiger partial charge in [-0.05, 0) is 88.4 Å². The Hall–Kier alpha value is -3.47. The quantitative estimate of drug-likeness (QED) is 0.122. The van der Waals surface area contributed by atoms with Crippen LogP contribution in [0.25, 0.3) is 0 Å². The maximum absolute atomic E-state index is 13.3. The third-order valence-electron chi connectivity index (χ3n) is 10.4. The Kier molecular flexibility index (Phi) is 16.6. The molecule has 0 spiro atoms. The summed E-state index contributed by atoms with van der Waals surface area (Å²) in [6.07, 6.45) is 22.3. The van der Waals surface area contributed by atoms with Gasteiger partial charge in [-0.2, -0.15) is 0 Å². The van der Waals surface area contributed by atoms with E-state index < -0.39 is 48.8 Å². The summed E-state index contributed by atoms with van der Waals surface area (Å²) in [7, 11) is 0. The molecular weight excluding hydrogens is 680 g/mol. The van der Waals surface area contributed by atoms with Gasteiger partial charge in [-0.15, -0.1) is 0 Å². The second kappa shape index (κ2) is 19.9. The number of carbonyl (C=O) groups is 1. The summed E-state index contributed by atoms with van der Waals surface area (Å²) < 4.78 is 11.3. The topological polar surface area (TPSA) is 137 Å². The Labute approximate surface area is 323 Å². The number of ether oxygens (including phenoxy) is 2. The Bertz CT molecular complexity index is 1680. The first-order chi connectivity index (χ1) is 25.3. The third-order valence-corrected chi connectivity index (χ3v) is 10.4. The van der Waals surface area contributed by atoms with Gasteiger partial charge in [0.15, 0.2) is 12.1 Å². The van der Waals surface area contributed by atoms with E-state index in [0.29, 0.717) is 12.0 Å². The van der Waals surface area contributed by atoms with E-state index in [9.17, 15) is 30.3 Å². The molecule has 1 aliphatic heterocycles. The molecule has 3 aliphatic rings. The smallest absolute Gasteiger partial charge is 0.187 e. The van der Waals surface area contributed by atoms with Crippen molar-refractivity contribution in [1.29, 1.82) is 0 Å². The summed E-state index contributed by atoms with van der Waals surface area (Å²) >= 11 is 0. The van der Waals surface area contributed by atoms with Gasteiger partial charge < -0.3 is 35.0 Å². The van der Waals surface area contributed by atoms with E-state index >= 15 is 0 Å². The minimum absolute atomic E-state index is 0.0270. The molecule has 0 saturated carbocycles. The standard InChI is InChI=1S/C46H64O8/c1-29(17-13-19-31(3)21-23-36-33(5)25-35(48)26-45(36,7)8)15-11-12-16-30(2)18-14-20-32(4)22-24-37-34(6)40(49)38(27-46(37,9)10)53-44-43(52)42(51)41(50)39(28-47)54-44/h11-24,35,38-39,41-44,47-48,50-52H,25-28H2,1-10H3/b12-11+,17-13+,18-14+,23-21+,24-22+,29-15+,30-16+,31-19+,32-20+/t35-,38+,39+,41-,42+,43-,44-/m1/s1. The zero-order valence-corrected chi connectivity index (χ0v) is 33.9. The van der Waals surface area contributed by atoms with E-state index in [1.165, 1.54) is 16.7 Å². The lowest BCUT2D eigenvalue weighted by Crippen LogP contribution is -2.60. The van der Waals surface area contributed by atoms with Crippen molar-refractivity contribution in [1.82, 2.24) is 0 Å². The third kappa shape index (κ3) is 12.5. The maximum atomic E-state index is 13.3. The highest BCUT2D eigenvalue weighted by Crippen LogP contribution is 2.42. The van der Waals surface area contributed by atoms with E-state index in [1.54, 1.807) is 6.92 Å². The molecule has 3 rings (SSSR count). The number of aliphatic hydroxyl groups is 5. The Morgan fingerprint density at radius 1 is 0.704 bits per heavy atom. The number of Topliss-reactive ketones (excluding diaryl/α,β-unsaturated/α-hetero) is 1. The molecule has 8 nitrogen and oxygen atoms in total. The molecule has 1 saturated heterocycles. The lowest BCUT2D eigenvalue weighted by molar-refractivity contribution is -0.309. The highest BCUT2D eigenvalue weighted by molar-refractivity contribution is 6.00. The van der Waals surface area contributed by atoms with Crippen LogP contribution in [0.4, 0.5) is 0 Å². The van der Waals surface area contributed by atoms with E-state index in [2.05, 4.69) is 71.1 Å². The SMILES string of the molecule is CC1=C(/C=C/C(C)=C/C=C/C(C)=C/C=C/C=C(C)/C=C/C=C(C)/C=C/C2=C(C)C(=O)[C@@H](O[C@@H]3O[C@@H](CO)[C@@H](O)[C@H](O)[C@H]3O)CC2(C)C)C(C)(C)C[C@H](O)C1. The zero-order chi connectivity index (χ0) is 40.4. The Balaban J connectivity index is 1.55. The Morgan fingerprint density at radius 3 is 1.70 bits per heavy atom. The molecule has 8 heteroatoms. The van der Waals surface area contributed by atoms with Crippen molar-refractivity contribution in [2.45, 2.75) is 131 Å². The van der Waals surface area contributed by atoms with Crippen LogP contribution in [0, 0.1) is 10.8 Å². The molecular formula is C46H64O8. The second-order valence-electron chi connectivity index (χ2n) is 16.4. The molecule has 0 aromatic heterocycles. The van der Waals surface area contributed by atoms with Crippen LogP contribution in [-0.2, 0) is 14.3 Å². The molecule has 1 fully saturated rings. The van der Waals surface area contributed by atoms with Crippen LogP contribution in [0.1, 0.15) is 88.5 Å². The molecule has 7 atom stereocenters. The number of hydrogen-bond donors (Lipinski definition) is 5. The van der Waals surface area contributed by atoms with Crippen LogP contribution >= 0.6 is 0 Å². The van der Waals surface area contributed by atoms with Crippen molar-refractivity contribution in [3.8, 4) is 0 Å². The van der Waals surface area contributed by atoms with Crippen LogP contribution < -0.4 is 0 Å². The van der Waals surface area contributed by atoms with Gasteiger partial charge in [0.1, 0.15) is 30.5 Å². The number of carbonyl (C=O) groups excluding carboxylic acids is 1. The first-order valence-electron chi connectivity index (χ1n) is 18.9. The molecule has 2 aliphatic carbocycles. The van der Waals surface area contributed by atoms with Gasteiger partial charge in [0.2, 0.25) is 0 Å². The molecule has 0 unspecified atom stereocenters. The molecule has 5 N–H and O–H groups in total. The lowest BCUT2D eigenvalue weighted by atomic mass is 9.71. The first-order valence-corrected chi connectivity index (χ1v) is 18.9. The Morgan fingerprint density at radius 2 is 1.19 bits per heavy atom. The molecule has 0 radical (unpaired) electrons. The summed E-state index contributed by atoms with van der Waals surface area (Å²) in [5.74, 6) is -0.243. The highest BCUT2D eigenvalue weighted by atomic mass is 16.7. The molecule has 0 aromatic rings. The van der Waals surface area contributed by atoms with E-state index in [1.807, 2.05) is 76.3 Å². The largest absolute Gasteiger partial charge is 0.394 e. The summed E-state index contributed by atoms with van der Waals surface area (Å²) in [6.45, 7) is 19.9. The highest BCUT2D eigenvalue weighted by Gasteiger charge is 2.47. The average molecular weight is 745 g/mol. The van der Waals surface area contributed by atoms with E-state index in [0.717, 1.165) is 35.1 Å². The van der Waals surface area contributed by atoms with Gasteiger partial charge in [0, 0.05) is 0 Å². The molecule has 0 amide bonds. The van der Waals surface area contributed by atoms with Crippen molar-refractivity contribution >= 4 is 5.78 Å². The molecule has 296 valence electrons. The number of hydrogen-bond acceptors (Lipinski definition) is 8. The number of aliphatic hydroxyl groups excluding tert-OH is 5. The van der Waals surface area contributed by atoms with Crippen LogP contribution in [0.5, 0.6) is 0 Å². The molecule has 54 heavy (non-hydrogen) atoms.